The van der Waals surface area contributed by atoms with E-state index in [1.165, 1.54) is 13.0 Å². The molecule has 2 fully saturated rings. The highest BCUT2D eigenvalue weighted by molar-refractivity contribution is 6.02. The summed E-state index contributed by atoms with van der Waals surface area (Å²) >= 11 is 0. The fourth-order valence-electron chi connectivity index (χ4n) is 10.1. The van der Waals surface area contributed by atoms with Gasteiger partial charge in [-0.05, 0) is 68.3 Å². The number of hydrogen-bond acceptors (Lipinski definition) is 14. The van der Waals surface area contributed by atoms with Crippen LogP contribution in [0.5, 0.6) is 0 Å². The van der Waals surface area contributed by atoms with E-state index in [1.807, 2.05) is 48.5 Å². The van der Waals surface area contributed by atoms with Crippen molar-refractivity contribution < 1.29 is 68.1 Å². The second kappa shape index (κ2) is 36.8. The highest BCUT2D eigenvalue weighted by Crippen LogP contribution is 2.22. The number of allylic oxidation sites excluding steroid dienone is 1. The van der Waals surface area contributed by atoms with Crippen LogP contribution < -0.4 is 53.2 Å². The molecule has 476 valence electrons. The van der Waals surface area contributed by atoms with Crippen LogP contribution in [0, 0.1) is 23.7 Å². The van der Waals surface area contributed by atoms with E-state index in [9.17, 15) is 68.1 Å². The number of fused-ring (bicyclic) bond motifs is 1. The van der Waals surface area contributed by atoms with Crippen LogP contribution in [0.1, 0.15) is 152 Å². The summed E-state index contributed by atoms with van der Waals surface area (Å²) in [6.45, 7) is 15.7. The van der Waals surface area contributed by atoms with Crippen LogP contribution >= 0.6 is 0 Å². The SMILES string of the molecule is CC=C1NC(=O)[C@H](CCO)NC(=O)C[C@@H](CCCCC)NC(=O)CNC(=O)[C@H](CC(C)C)NC(=O)[C@@H]([C@H](C)CC)NC(=O)[C@H]([C@H](C)CC)NC(=O)[C@@H](CC(C)C)NC(=O)[C@@H](Cc2ccccc2)NC(=O)[C@H](CCO)NC(=O)[C@@H]2C[C@@H](O)CN2C1=O. The lowest BCUT2D eigenvalue weighted by Crippen LogP contribution is -2.62. The molecule has 0 unspecified atom stereocenters. The summed E-state index contributed by atoms with van der Waals surface area (Å²) < 4.78 is 0. The quantitative estimate of drug-likeness (QED) is 0.0687. The van der Waals surface area contributed by atoms with Crippen LogP contribution in [-0.2, 0) is 59.2 Å². The van der Waals surface area contributed by atoms with E-state index in [4.69, 9.17) is 0 Å². The second-order valence-electron chi connectivity index (χ2n) is 23.3. The lowest BCUT2D eigenvalue weighted by Gasteiger charge is -2.31. The molecular formula is C60H97N11O14. The number of amides is 11. The first-order valence-electron chi connectivity index (χ1n) is 30.2. The molecule has 11 amide bonds. The third-order valence-corrected chi connectivity index (χ3v) is 15.3. The van der Waals surface area contributed by atoms with Crippen molar-refractivity contribution in [1.82, 2.24) is 58.1 Å². The van der Waals surface area contributed by atoms with Gasteiger partial charge < -0.3 is 73.4 Å². The van der Waals surface area contributed by atoms with E-state index >= 15 is 0 Å². The molecule has 0 aromatic heterocycles. The summed E-state index contributed by atoms with van der Waals surface area (Å²) in [5, 5.41) is 57.9. The first-order chi connectivity index (χ1) is 40.3. The topological polar surface area (TPSA) is 372 Å². The molecule has 0 bridgehead atoms. The smallest absolute Gasteiger partial charge is 0.270 e. The van der Waals surface area contributed by atoms with Crippen molar-refractivity contribution >= 4 is 65.0 Å². The Morgan fingerprint density at radius 2 is 1.07 bits per heavy atom. The predicted molar refractivity (Wildman–Crippen MR) is 317 cm³/mol. The molecule has 25 nitrogen and oxygen atoms in total. The second-order valence-corrected chi connectivity index (χ2v) is 23.3. The Hall–Kier alpha value is -6.99. The summed E-state index contributed by atoms with van der Waals surface area (Å²) in [6.07, 6.45) is 2.09. The number of nitrogens with zero attached hydrogens (tertiary/aromatic N) is 1. The van der Waals surface area contributed by atoms with Gasteiger partial charge in [0.15, 0.2) is 0 Å². The number of aliphatic hydroxyl groups excluding tert-OH is 3. The minimum Gasteiger partial charge on any atom is -0.396 e. The third-order valence-electron chi connectivity index (χ3n) is 15.3. The van der Waals surface area contributed by atoms with Crippen LogP contribution in [0.15, 0.2) is 42.1 Å². The number of unbranched alkanes of at least 4 members (excludes halogenated alkanes) is 2. The molecular weight excluding hydrogens is 1100 g/mol. The van der Waals surface area contributed by atoms with Crippen molar-refractivity contribution in [3.05, 3.63) is 47.7 Å². The summed E-state index contributed by atoms with van der Waals surface area (Å²) in [7, 11) is 0. The molecule has 0 spiro atoms. The third kappa shape index (κ3) is 23.8. The molecule has 2 aliphatic heterocycles. The largest absolute Gasteiger partial charge is 0.396 e. The number of nitrogens with one attached hydrogen (secondary N) is 10. The normalized spacial score (nSPS) is 27.0. The summed E-state index contributed by atoms with van der Waals surface area (Å²) in [5.74, 6) is -10.0. The van der Waals surface area contributed by atoms with Gasteiger partial charge in [-0.3, -0.25) is 52.7 Å². The molecule has 3 rings (SSSR count). The minimum atomic E-state index is -1.52. The molecule has 85 heavy (non-hydrogen) atoms. The van der Waals surface area contributed by atoms with Gasteiger partial charge in [0.1, 0.15) is 54.0 Å². The lowest BCUT2D eigenvalue weighted by molar-refractivity contribution is -0.139. The van der Waals surface area contributed by atoms with Gasteiger partial charge >= 0.3 is 0 Å². The number of rotatable bonds is 18. The zero-order chi connectivity index (χ0) is 63.5. The molecule has 12 atom stereocenters. The van der Waals surface area contributed by atoms with Gasteiger partial charge in [0, 0.05) is 45.1 Å². The van der Waals surface area contributed by atoms with E-state index < -0.39 is 157 Å². The standard InChI is InChI=1S/C60H97N11O14/c1-11-15-17-22-39-30-48(75)63-42(23-25-72)53(78)64-41(14-4)60(85)71-33-40(74)31-47(71)57(82)65-43(24-26-73)54(79)67-46(29-38-20-18-16-19-21-38)55(80)66-45(28-35(7)8)56(81)69-51(37(10)13-3)59(84)70-50(36(9)12-2)58(83)68-44(27-34(5)6)52(77)61-32-49(76)62-39/h14,16,18-21,34-37,39-40,42-47,50-51,72-74H,11-13,15,17,22-33H2,1-10H3,(H,61,77)(H,62,76)(H,63,75)(H,64,78)(H,65,82)(H,66,80)(H,67,79)(H,68,83)(H,69,81)(H,70,84)/t36-,37-,39-,40-,42+,43+,44+,45-,46-,47+,50-,51+/m1/s1. The molecule has 1 aromatic carbocycles. The van der Waals surface area contributed by atoms with Gasteiger partial charge in [0.2, 0.25) is 59.1 Å². The number of carbonyl (C=O) groups is 11. The van der Waals surface area contributed by atoms with Crippen molar-refractivity contribution in [2.45, 2.75) is 213 Å². The van der Waals surface area contributed by atoms with E-state index in [-0.39, 0.29) is 69.0 Å². The van der Waals surface area contributed by atoms with Gasteiger partial charge in [0.05, 0.1) is 12.6 Å². The fraction of sp³-hybridized carbons (Fsp3) is 0.683. The van der Waals surface area contributed by atoms with E-state index in [0.717, 1.165) is 17.7 Å². The molecule has 2 saturated heterocycles. The van der Waals surface area contributed by atoms with Crippen LogP contribution in [0.25, 0.3) is 0 Å². The van der Waals surface area contributed by atoms with Gasteiger partial charge in [-0.25, -0.2) is 0 Å². The van der Waals surface area contributed by atoms with E-state index in [0.29, 0.717) is 31.2 Å². The fourth-order valence-corrected chi connectivity index (χ4v) is 10.1. The summed E-state index contributed by atoms with van der Waals surface area (Å²) in [5.41, 5.74) is 0.241. The Morgan fingerprint density at radius 1 is 0.565 bits per heavy atom. The van der Waals surface area contributed by atoms with Gasteiger partial charge in [-0.15, -0.1) is 0 Å². The van der Waals surface area contributed by atoms with Crippen molar-refractivity contribution in [2.75, 3.05) is 26.3 Å². The first-order valence-corrected chi connectivity index (χ1v) is 30.2. The average molecular weight is 1200 g/mol. The zero-order valence-electron chi connectivity index (χ0n) is 51.3. The zero-order valence-corrected chi connectivity index (χ0v) is 51.3. The predicted octanol–water partition coefficient (Wildman–Crippen LogP) is 0.139. The Kier molecular flexibility index (Phi) is 31.3. The van der Waals surface area contributed by atoms with Crippen molar-refractivity contribution in [3.8, 4) is 0 Å². The van der Waals surface area contributed by atoms with E-state index in [2.05, 4.69) is 53.2 Å². The maximum atomic E-state index is 14.6. The molecule has 2 heterocycles. The highest BCUT2D eigenvalue weighted by atomic mass is 16.3. The molecule has 13 N–H and O–H groups in total. The lowest BCUT2D eigenvalue weighted by atomic mass is 9.93. The van der Waals surface area contributed by atoms with Crippen molar-refractivity contribution in [2.24, 2.45) is 23.7 Å². The first kappa shape index (κ1) is 72.3. The minimum absolute atomic E-state index is 0.0703. The summed E-state index contributed by atoms with van der Waals surface area (Å²) in [6, 6.07) is -2.83. The molecule has 2 aliphatic rings. The number of hydrogen-bond donors (Lipinski definition) is 13. The molecule has 0 radical (unpaired) electrons. The van der Waals surface area contributed by atoms with Crippen molar-refractivity contribution in [1.29, 1.82) is 0 Å². The van der Waals surface area contributed by atoms with Crippen LogP contribution in [-0.4, -0.2) is 172 Å². The molecule has 0 aliphatic carbocycles. The van der Waals surface area contributed by atoms with Crippen LogP contribution in [0.3, 0.4) is 0 Å². The van der Waals surface area contributed by atoms with Gasteiger partial charge in [-0.1, -0.05) is 131 Å². The Balaban J connectivity index is 2.17. The Bertz CT molecular complexity index is 2440. The molecule has 25 heteroatoms. The number of carbonyl (C=O) groups excluding carboxylic acids is 11. The Labute approximate surface area is 500 Å². The molecule has 0 saturated carbocycles. The average Bonchev–Trinajstić information content (AvgIpc) is 3.93. The maximum Gasteiger partial charge on any atom is 0.270 e. The number of aliphatic hydroxyl groups is 3. The summed E-state index contributed by atoms with van der Waals surface area (Å²) in [4.78, 5) is 157. The highest BCUT2D eigenvalue weighted by Gasteiger charge is 2.42. The maximum absolute atomic E-state index is 14.6. The van der Waals surface area contributed by atoms with Crippen LogP contribution in [0.4, 0.5) is 0 Å². The van der Waals surface area contributed by atoms with Crippen LogP contribution in [0.2, 0.25) is 0 Å². The van der Waals surface area contributed by atoms with Gasteiger partial charge in [-0.2, -0.15) is 0 Å². The van der Waals surface area contributed by atoms with E-state index in [1.54, 1.807) is 44.2 Å². The monoisotopic (exact) mass is 1200 g/mol. The Morgan fingerprint density at radius 3 is 1.62 bits per heavy atom. The van der Waals surface area contributed by atoms with Crippen molar-refractivity contribution in [3.63, 3.8) is 0 Å². The van der Waals surface area contributed by atoms with Gasteiger partial charge in [0.25, 0.3) is 5.91 Å². The number of benzene rings is 1. The molecule has 1 aromatic rings.